The smallest absolute Gasteiger partial charge is 0.235 e. The van der Waals surface area contributed by atoms with Gasteiger partial charge >= 0.3 is 0 Å². The summed E-state index contributed by atoms with van der Waals surface area (Å²) in [6.07, 6.45) is 1.28. The Hall–Kier alpha value is -2.99. The molecule has 0 aliphatic carbocycles. The van der Waals surface area contributed by atoms with Crippen LogP contribution in [0.4, 0.5) is 0 Å². The lowest BCUT2D eigenvalue weighted by Gasteiger charge is -2.13. The van der Waals surface area contributed by atoms with Crippen molar-refractivity contribution >= 4 is 11.0 Å². The molecule has 0 saturated carbocycles. The molecule has 6 heteroatoms. The van der Waals surface area contributed by atoms with Gasteiger partial charge in [0.05, 0.1) is 31.7 Å². The van der Waals surface area contributed by atoms with Crippen molar-refractivity contribution in [3.63, 3.8) is 0 Å². The van der Waals surface area contributed by atoms with Gasteiger partial charge in [0.1, 0.15) is 18.6 Å². The van der Waals surface area contributed by atoms with Crippen LogP contribution in [-0.4, -0.2) is 25.8 Å². The van der Waals surface area contributed by atoms with Gasteiger partial charge in [-0.05, 0) is 31.2 Å². The first-order chi connectivity index (χ1) is 12.5. The Morgan fingerprint density at radius 1 is 1.08 bits per heavy atom. The molecule has 0 saturated heterocycles. The number of hydrogen-bond donors (Lipinski definition) is 2. The minimum Gasteiger partial charge on any atom is -0.507 e. The van der Waals surface area contributed by atoms with E-state index in [-0.39, 0.29) is 16.9 Å². The summed E-state index contributed by atoms with van der Waals surface area (Å²) in [6, 6.07) is 10.2. The second-order valence-corrected chi connectivity index (χ2v) is 6.23. The van der Waals surface area contributed by atoms with Crippen molar-refractivity contribution in [3.05, 3.63) is 58.4 Å². The van der Waals surface area contributed by atoms with Crippen molar-refractivity contribution in [2.24, 2.45) is 0 Å². The van der Waals surface area contributed by atoms with Crippen LogP contribution in [0, 0.1) is 0 Å². The van der Waals surface area contributed by atoms with E-state index in [0.717, 1.165) is 4.90 Å². The molecule has 136 valence electrons. The van der Waals surface area contributed by atoms with Gasteiger partial charge in [0, 0.05) is 0 Å². The molecule has 3 aromatic rings. The van der Waals surface area contributed by atoms with Gasteiger partial charge in [-0.15, -0.1) is 0 Å². The zero-order valence-electron chi connectivity index (χ0n) is 15.0. The number of phenols is 1. The molecular formula is C20H22NO5+. The lowest BCUT2D eigenvalue weighted by molar-refractivity contribution is -0.872. The number of quaternary nitrogens is 1. The van der Waals surface area contributed by atoms with E-state index >= 15 is 0 Å². The largest absolute Gasteiger partial charge is 0.507 e. The first-order valence-corrected chi connectivity index (χ1v) is 8.46. The number of aromatic hydroxyl groups is 1. The van der Waals surface area contributed by atoms with Crippen molar-refractivity contribution < 1.29 is 23.9 Å². The molecule has 6 nitrogen and oxygen atoms in total. The highest BCUT2D eigenvalue weighted by atomic mass is 16.5. The van der Waals surface area contributed by atoms with Gasteiger partial charge in [-0.25, -0.2) is 0 Å². The van der Waals surface area contributed by atoms with Crippen LogP contribution in [0.15, 0.2) is 51.9 Å². The maximum atomic E-state index is 12.8. The molecule has 1 aromatic heterocycles. The van der Waals surface area contributed by atoms with Gasteiger partial charge < -0.3 is 23.9 Å². The van der Waals surface area contributed by atoms with Crippen LogP contribution >= 0.6 is 0 Å². The summed E-state index contributed by atoms with van der Waals surface area (Å²) in [5.74, 6) is 1.17. The summed E-state index contributed by atoms with van der Waals surface area (Å²) in [5.41, 5.74) is 0.676. The van der Waals surface area contributed by atoms with E-state index in [1.54, 1.807) is 24.3 Å². The second kappa shape index (κ2) is 7.49. The molecule has 1 heterocycles. The first kappa shape index (κ1) is 17.8. The van der Waals surface area contributed by atoms with Crippen LogP contribution in [0.2, 0.25) is 0 Å². The van der Waals surface area contributed by atoms with Crippen molar-refractivity contribution in [1.29, 1.82) is 0 Å². The number of ether oxygens (including phenoxy) is 2. The van der Waals surface area contributed by atoms with E-state index in [4.69, 9.17) is 13.9 Å². The molecular weight excluding hydrogens is 334 g/mol. The molecule has 26 heavy (non-hydrogen) atoms. The average Bonchev–Trinajstić information content (AvgIpc) is 2.61. The summed E-state index contributed by atoms with van der Waals surface area (Å²) < 4.78 is 16.9. The Morgan fingerprint density at radius 2 is 1.81 bits per heavy atom. The minimum absolute atomic E-state index is 0.0680. The number of hydrogen-bond acceptors (Lipinski definition) is 5. The lowest BCUT2D eigenvalue weighted by atomic mass is 10.1. The van der Waals surface area contributed by atoms with Crippen LogP contribution in [0.1, 0.15) is 12.5 Å². The van der Waals surface area contributed by atoms with Gasteiger partial charge in [-0.2, -0.15) is 0 Å². The molecule has 0 aliphatic rings. The van der Waals surface area contributed by atoms with Gasteiger partial charge in [0.15, 0.2) is 17.1 Å². The standard InChI is InChI=1S/C20H21NO5/c1-4-24-16-7-5-6-8-17(16)26-18-12-25-20-13(19(18)23)9-10-15(22)14(20)11-21(2)3/h5-10,12,22H,4,11H2,1-3H3/p+1. The number of nitrogens with one attached hydrogen (secondary N) is 1. The van der Waals surface area contributed by atoms with E-state index in [9.17, 15) is 9.90 Å². The quantitative estimate of drug-likeness (QED) is 0.709. The third-order valence-corrected chi connectivity index (χ3v) is 3.89. The predicted molar refractivity (Wildman–Crippen MR) is 98.3 cm³/mol. The fourth-order valence-electron chi connectivity index (χ4n) is 2.75. The Labute approximate surface area is 151 Å². The van der Waals surface area contributed by atoms with Crippen LogP contribution in [0.3, 0.4) is 0 Å². The third-order valence-electron chi connectivity index (χ3n) is 3.89. The van der Waals surface area contributed by atoms with E-state index in [0.29, 0.717) is 41.2 Å². The number of fused-ring (bicyclic) bond motifs is 1. The monoisotopic (exact) mass is 356 g/mol. The summed E-state index contributed by atoms with van der Waals surface area (Å²) in [7, 11) is 3.91. The maximum Gasteiger partial charge on any atom is 0.235 e. The normalized spacial score (nSPS) is 11.1. The Balaban J connectivity index is 2.06. The zero-order chi connectivity index (χ0) is 18.7. The van der Waals surface area contributed by atoms with Crippen LogP contribution in [-0.2, 0) is 6.54 Å². The summed E-state index contributed by atoms with van der Waals surface area (Å²) >= 11 is 0. The van der Waals surface area contributed by atoms with Crippen LogP contribution < -0.4 is 19.8 Å². The molecule has 3 rings (SSSR count). The predicted octanol–water partition coefficient (Wildman–Crippen LogP) is 2.33. The van der Waals surface area contributed by atoms with Gasteiger partial charge in [-0.1, -0.05) is 12.1 Å². The van der Waals surface area contributed by atoms with Crippen molar-refractivity contribution in [2.75, 3.05) is 20.7 Å². The molecule has 0 atom stereocenters. The van der Waals surface area contributed by atoms with E-state index < -0.39 is 0 Å². The molecule has 0 radical (unpaired) electrons. The summed E-state index contributed by atoms with van der Waals surface area (Å²) in [4.78, 5) is 13.9. The Bertz CT molecular complexity index is 978. The number of benzene rings is 2. The molecule has 2 N–H and O–H groups in total. The van der Waals surface area contributed by atoms with Gasteiger partial charge in [-0.3, -0.25) is 4.79 Å². The molecule has 2 aromatic carbocycles. The molecule has 0 spiro atoms. The van der Waals surface area contributed by atoms with Gasteiger partial charge in [0.25, 0.3) is 0 Å². The molecule has 0 unspecified atom stereocenters. The SMILES string of the molecule is CCOc1ccccc1Oc1coc2c(C[NH+](C)C)c(O)ccc2c1=O. The highest BCUT2D eigenvalue weighted by Gasteiger charge is 2.17. The molecule has 0 aliphatic heterocycles. The van der Waals surface area contributed by atoms with Crippen molar-refractivity contribution in [2.45, 2.75) is 13.5 Å². The van der Waals surface area contributed by atoms with Crippen molar-refractivity contribution in [1.82, 2.24) is 0 Å². The highest BCUT2D eigenvalue weighted by molar-refractivity contribution is 5.82. The van der Waals surface area contributed by atoms with E-state index in [2.05, 4.69) is 0 Å². The van der Waals surface area contributed by atoms with Gasteiger partial charge in [0.2, 0.25) is 11.2 Å². The summed E-state index contributed by atoms with van der Waals surface area (Å²) in [6.45, 7) is 2.89. The molecule has 0 bridgehead atoms. The second-order valence-electron chi connectivity index (χ2n) is 6.23. The van der Waals surface area contributed by atoms with Crippen molar-refractivity contribution in [3.8, 4) is 23.0 Å². The van der Waals surface area contributed by atoms with Crippen LogP contribution in [0.5, 0.6) is 23.0 Å². The lowest BCUT2D eigenvalue weighted by Crippen LogP contribution is -3.04. The zero-order valence-corrected chi connectivity index (χ0v) is 15.0. The number of para-hydroxylation sites is 2. The first-order valence-electron chi connectivity index (χ1n) is 8.46. The number of phenolic OH excluding ortho intramolecular Hbond substituents is 1. The average molecular weight is 356 g/mol. The fraction of sp³-hybridized carbons (Fsp3) is 0.250. The molecule has 0 amide bonds. The minimum atomic E-state index is -0.299. The Morgan fingerprint density at radius 3 is 2.50 bits per heavy atom. The third kappa shape index (κ3) is 3.50. The van der Waals surface area contributed by atoms with E-state index in [1.807, 2.05) is 27.1 Å². The van der Waals surface area contributed by atoms with Crippen LogP contribution in [0.25, 0.3) is 11.0 Å². The number of rotatable bonds is 6. The summed E-state index contributed by atoms with van der Waals surface area (Å²) in [5, 5.41) is 10.5. The maximum absolute atomic E-state index is 12.8. The topological polar surface area (TPSA) is 73.3 Å². The van der Waals surface area contributed by atoms with E-state index in [1.165, 1.54) is 12.3 Å². The fourth-order valence-corrected chi connectivity index (χ4v) is 2.75. The highest BCUT2D eigenvalue weighted by Crippen LogP contribution is 2.32. The Kier molecular flexibility index (Phi) is 5.14. The molecule has 0 fully saturated rings.